The first kappa shape index (κ1) is 42.4. The van der Waals surface area contributed by atoms with Crippen molar-refractivity contribution in [2.24, 2.45) is 5.41 Å². The second-order valence-corrected chi connectivity index (χ2v) is 16.3. The number of nitrogens with one attached hydrogen (secondary N) is 4. The molecular formula is C40H53N9O8. The number of benzene rings is 2. The normalized spacial score (nSPS) is 20.0. The highest BCUT2D eigenvalue weighted by atomic mass is 16.5. The third-order valence-corrected chi connectivity index (χ3v) is 9.65. The number of hydrogen-bond donors (Lipinski definition) is 4. The highest BCUT2D eigenvalue weighted by molar-refractivity contribution is 6.37. The highest BCUT2D eigenvalue weighted by Crippen LogP contribution is 2.28. The van der Waals surface area contributed by atoms with Gasteiger partial charge in [0.05, 0.1) is 37.9 Å². The summed E-state index contributed by atoms with van der Waals surface area (Å²) in [5, 5.41) is 22.6. The minimum Gasteiger partial charge on any atom is -0.494 e. The molecule has 3 aliphatic heterocycles. The number of hydrogen-bond acceptors (Lipinski definition) is 11. The van der Waals surface area contributed by atoms with E-state index in [9.17, 15) is 28.8 Å². The molecule has 57 heavy (non-hydrogen) atoms. The zero-order valence-electron chi connectivity index (χ0n) is 33.4. The number of aryl methyl sites for hydroxylation is 1. The van der Waals surface area contributed by atoms with Crippen molar-refractivity contribution in [3.63, 3.8) is 0 Å². The molecule has 2 aromatic carbocycles. The fourth-order valence-corrected chi connectivity index (χ4v) is 6.60. The zero-order chi connectivity index (χ0) is 41.3. The lowest BCUT2D eigenvalue weighted by molar-refractivity contribution is -0.144. The standard InChI is InChI=1S/C40H53N9O8/c1-39(2,3)34-38(55)48-24-28(57-20-10-19-56-27-16-13-25(14-17-27)15-18-31(51)44-34)21-29(48)36(53)41-22-30(50)37(54)42-23-32(52)43-33(26-11-8-7-9-12-26)35-45-46-47-49(35)40(4,5)6/h7-9,11-14,16-17,28-29,33-34H,10,15,18-24H2,1-6H3,(H,41,53)(H,42,54)(H,43,52)(H,44,51)/t28?,29?,33?,34-/m1/s1. The first-order valence-electron chi connectivity index (χ1n) is 19.2. The van der Waals surface area contributed by atoms with Crippen LogP contribution in [0.25, 0.3) is 0 Å². The lowest BCUT2D eigenvalue weighted by Crippen LogP contribution is -2.58. The molecule has 17 heteroatoms. The number of amides is 5. The second kappa shape index (κ2) is 18.5. The Balaban J connectivity index is 1.21. The van der Waals surface area contributed by atoms with E-state index in [2.05, 4.69) is 36.8 Å². The minimum atomic E-state index is -1.08. The molecule has 1 fully saturated rings. The maximum atomic E-state index is 14.2. The summed E-state index contributed by atoms with van der Waals surface area (Å²) >= 11 is 0. The van der Waals surface area contributed by atoms with Gasteiger partial charge in [-0.05, 0) is 66.3 Å². The third-order valence-electron chi connectivity index (χ3n) is 9.65. The van der Waals surface area contributed by atoms with E-state index in [4.69, 9.17) is 9.47 Å². The molecule has 0 radical (unpaired) electrons. The van der Waals surface area contributed by atoms with Gasteiger partial charge in [0, 0.05) is 25.8 Å². The fraction of sp³-hybridized carbons (Fsp3) is 0.525. The summed E-state index contributed by atoms with van der Waals surface area (Å²) in [6.07, 6.45) is 0.790. The van der Waals surface area contributed by atoms with Crippen LogP contribution < -0.4 is 26.0 Å². The summed E-state index contributed by atoms with van der Waals surface area (Å²) in [6.45, 7) is 10.8. The summed E-state index contributed by atoms with van der Waals surface area (Å²) < 4.78 is 13.5. The largest absolute Gasteiger partial charge is 0.494 e. The smallest absolute Gasteiger partial charge is 0.289 e. The monoisotopic (exact) mass is 787 g/mol. The van der Waals surface area contributed by atoms with Crippen molar-refractivity contribution >= 4 is 35.3 Å². The molecule has 0 aliphatic carbocycles. The summed E-state index contributed by atoms with van der Waals surface area (Å²) in [6, 6.07) is 13.8. The van der Waals surface area contributed by atoms with Crippen LogP contribution in [-0.4, -0.2) is 111 Å². The van der Waals surface area contributed by atoms with Gasteiger partial charge >= 0.3 is 0 Å². The van der Waals surface area contributed by atoms with Gasteiger partial charge in [-0.3, -0.25) is 28.8 Å². The summed E-state index contributed by atoms with van der Waals surface area (Å²) in [4.78, 5) is 81.2. The van der Waals surface area contributed by atoms with E-state index in [1.54, 1.807) is 28.9 Å². The van der Waals surface area contributed by atoms with Crippen molar-refractivity contribution in [2.75, 3.05) is 32.8 Å². The Hall–Kier alpha value is -5.71. The van der Waals surface area contributed by atoms with Gasteiger partial charge in [0.1, 0.15) is 23.9 Å². The molecule has 1 saturated heterocycles. The number of nitrogens with zero attached hydrogens (tertiary/aromatic N) is 5. The average Bonchev–Trinajstić information content (AvgIpc) is 3.84. The molecular weight excluding hydrogens is 734 g/mol. The van der Waals surface area contributed by atoms with Crippen LogP contribution in [0.4, 0.5) is 0 Å². The van der Waals surface area contributed by atoms with E-state index in [-0.39, 0.29) is 25.3 Å². The van der Waals surface area contributed by atoms with E-state index in [1.165, 1.54) is 4.90 Å². The molecule has 4 N–H and O–H groups in total. The molecule has 5 amide bonds. The number of aromatic nitrogens is 4. The Morgan fingerprint density at radius 3 is 2.32 bits per heavy atom. The van der Waals surface area contributed by atoms with E-state index in [0.717, 1.165) is 5.56 Å². The summed E-state index contributed by atoms with van der Waals surface area (Å²) in [7, 11) is 0. The second-order valence-electron chi connectivity index (χ2n) is 16.3. The topological polar surface area (TPSA) is 216 Å². The molecule has 0 saturated carbocycles. The van der Waals surface area contributed by atoms with Crippen molar-refractivity contribution in [3.8, 4) is 5.75 Å². The molecule has 1 aromatic heterocycles. The first-order chi connectivity index (χ1) is 27.0. The lowest BCUT2D eigenvalue weighted by Gasteiger charge is -2.35. The molecule has 4 heterocycles. The number of fused-ring (bicyclic) bond motifs is 11. The van der Waals surface area contributed by atoms with Crippen molar-refractivity contribution in [1.82, 2.24) is 46.4 Å². The minimum absolute atomic E-state index is 0.0800. The van der Waals surface area contributed by atoms with Gasteiger partial charge in [0.25, 0.3) is 5.91 Å². The van der Waals surface area contributed by atoms with Gasteiger partial charge in [0.2, 0.25) is 29.4 Å². The quantitative estimate of drug-likeness (QED) is 0.227. The van der Waals surface area contributed by atoms with Gasteiger partial charge in [-0.15, -0.1) is 5.10 Å². The molecule has 4 bridgehead atoms. The van der Waals surface area contributed by atoms with Crippen molar-refractivity contribution in [1.29, 1.82) is 0 Å². The van der Waals surface area contributed by atoms with Gasteiger partial charge < -0.3 is 35.6 Å². The van der Waals surface area contributed by atoms with Gasteiger partial charge in [-0.1, -0.05) is 63.2 Å². The molecule has 17 nitrogen and oxygen atoms in total. The van der Waals surface area contributed by atoms with Crippen LogP contribution in [0.3, 0.4) is 0 Å². The molecule has 6 rings (SSSR count). The van der Waals surface area contributed by atoms with Crippen LogP contribution in [0.2, 0.25) is 0 Å². The van der Waals surface area contributed by atoms with E-state index in [1.807, 2.05) is 71.9 Å². The van der Waals surface area contributed by atoms with Crippen LogP contribution >= 0.6 is 0 Å². The summed E-state index contributed by atoms with van der Waals surface area (Å²) in [5.41, 5.74) is 0.425. The molecule has 3 aromatic rings. The van der Waals surface area contributed by atoms with Crippen LogP contribution in [0.15, 0.2) is 54.6 Å². The van der Waals surface area contributed by atoms with Crippen LogP contribution in [0, 0.1) is 5.41 Å². The lowest BCUT2D eigenvalue weighted by atomic mass is 9.85. The van der Waals surface area contributed by atoms with Crippen LogP contribution in [0.1, 0.15) is 83.8 Å². The van der Waals surface area contributed by atoms with Gasteiger partial charge in [0.15, 0.2) is 5.82 Å². The number of rotatable bonds is 9. The zero-order valence-corrected chi connectivity index (χ0v) is 33.4. The van der Waals surface area contributed by atoms with E-state index < -0.39 is 77.7 Å². The highest BCUT2D eigenvalue weighted by Gasteiger charge is 2.45. The van der Waals surface area contributed by atoms with Crippen molar-refractivity contribution < 1.29 is 38.2 Å². The number of carbonyl (C=O) groups excluding carboxylic acids is 6. The Morgan fingerprint density at radius 2 is 1.63 bits per heavy atom. The number of ether oxygens (including phenoxy) is 2. The molecule has 0 spiro atoms. The Morgan fingerprint density at radius 1 is 0.912 bits per heavy atom. The van der Waals surface area contributed by atoms with Gasteiger partial charge in [-0.25, -0.2) is 4.68 Å². The number of carbonyl (C=O) groups is 6. The SMILES string of the molecule is CC(C)(C)[C@@H]1NC(=O)CCc2ccc(cc2)OCCCOC2CC(C(=O)NCC(=O)C(=O)NCC(=O)NC(c3ccccc3)c3nnnn3C(C)(C)C)N(C2)C1=O. The summed E-state index contributed by atoms with van der Waals surface area (Å²) in [5.74, 6) is -3.06. The molecule has 4 atom stereocenters. The Bertz CT molecular complexity index is 1900. The Labute approximate surface area is 332 Å². The molecule has 3 unspecified atom stereocenters. The van der Waals surface area contributed by atoms with Crippen molar-refractivity contribution in [3.05, 3.63) is 71.5 Å². The van der Waals surface area contributed by atoms with Crippen LogP contribution in [-0.2, 0) is 45.5 Å². The van der Waals surface area contributed by atoms with E-state index in [0.29, 0.717) is 43.2 Å². The van der Waals surface area contributed by atoms with Crippen LogP contribution in [0.5, 0.6) is 5.75 Å². The predicted molar refractivity (Wildman–Crippen MR) is 206 cm³/mol. The van der Waals surface area contributed by atoms with Gasteiger partial charge in [-0.2, -0.15) is 0 Å². The number of ketones is 1. The van der Waals surface area contributed by atoms with Crippen molar-refractivity contribution in [2.45, 2.75) is 97.0 Å². The third kappa shape index (κ3) is 11.4. The molecule has 306 valence electrons. The van der Waals surface area contributed by atoms with E-state index >= 15 is 0 Å². The fourth-order valence-electron chi connectivity index (χ4n) is 6.60. The maximum Gasteiger partial charge on any atom is 0.289 e. The number of tetrazole rings is 1. The predicted octanol–water partition coefficient (Wildman–Crippen LogP) is 1.37. The first-order valence-corrected chi connectivity index (χ1v) is 19.2. The molecule has 3 aliphatic rings. The Kier molecular flexibility index (Phi) is 13.8. The average molecular weight is 788 g/mol. The maximum absolute atomic E-state index is 14.2. The number of Topliss-reactive ketones (excluding diaryl/α,β-unsaturated/α-hetero) is 1.